The topological polar surface area (TPSA) is 53.9 Å². The van der Waals surface area contributed by atoms with Gasteiger partial charge in [-0.15, -0.1) is 0 Å². The van der Waals surface area contributed by atoms with E-state index in [0.717, 1.165) is 33.4 Å². The van der Waals surface area contributed by atoms with Gasteiger partial charge in [0.2, 0.25) is 5.91 Å². The van der Waals surface area contributed by atoms with E-state index >= 15 is 0 Å². The molecule has 5 heteroatoms. The highest BCUT2D eigenvalue weighted by Gasteiger charge is 2.16. The normalized spacial score (nSPS) is 11.0. The van der Waals surface area contributed by atoms with Crippen molar-refractivity contribution in [3.63, 3.8) is 0 Å². The molecule has 136 valence electrons. The highest BCUT2D eigenvalue weighted by atomic mass is 16.2. The van der Waals surface area contributed by atoms with Crippen LogP contribution in [0.4, 0.5) is 0 Å². The van der Waals surface area contributed by atoms with E-state index in [1.807, 2.05) is 79.6 Å². The van der Waals surface area contributed by atoms with Crippen LogP contribution in [-0.4, -0.2) is 32.6 Å². The number of amides is 1. The molecule has 0 spiro atoms. The highest BCUT2D eigenvalue weighted by Crippen LogP contribution is 2.23. The first-order chi connectivity index (χ1) is 13.1. The van der Waals surface area contributed by atoms with Gasteiger partial charge in [-0.3, -0.25) is 4.79 Å². The van der Waals surface area contributed by atoms with E-state index in [-0.39, 0.29) is 5.91 Å². The van der Waals surface area contributed by atoms with Crippen LogP contribution in [0.1, 0.15) is 16.8 Å². The number of likely N-dealkylation sites (N-methyl/N-ethyl adjacent to an activating group) is 1. The van der Waals surface area contributed by atoms with Crippen molar-refractivity contribution in [3.05, 3.63) is 83.8 Å². The molecule has 0 bridgehead atoms. The predicted molar refractivity (Wildman–Crippen MR) is 107 cm³/mol. The number of aryl methyl sites for hydroxylation is 1. The van der Waals surface area contributed by atoms with Gasteiger partial charge in [-0.1, -0.05) is 36.4 Å². The molecule has 0 saturated carbocycles. The standard InChI is InChI=1S/C22H22N4O/c1-16-20(19-10-6-7-11-21(19)24-16)12-22(27)25(2)14-17-13-23-26(15-17)18-8-4-3-5-9-18/h3-11,13,15,24H,12,14H2,1-2H3. The molecule has 0 atom stereocenters. The van der Waals surface area contributed by atoms with Gasteiger partial charge >= 0.3 is 0 Å². The molecule has 27 heavy (non-hydrogen) atoms. The average molecular weight is 358 g/mol. The van der Waals surface area contributed by atoms with E-state index < -0.39 is 0 Å². The maximum Gasteiger partial charge on any atom is 0.227 e. The quantitative estimate of drug-likeness (QED) is 0.589. The van der Waals surface area contributed by atoms with Crippen LogP contribution in [0.5, 0.6) is 0 Å². The number of fused-ring (bicyclic) bond motifs is 1. The number of hydrogen-bond donors (Lipinski definition) is 1. The lowest BCUT2D eigenvalue weighted by atomic mass is 10.1. The van der Waals surface area contributed by atoms with Gasteiger partial charge in [0.15, 0.2) is 0 Å². The first-order valence-electron chi connectivity index (χ1n) is 9.01. The largest absolute Gasteiger partial charge is 0.358 e. The number of aromatic amines is 1. The van der Waals surface area contributed by atoms with E-state index in [4.69, 9.17) is 0 Å². The van der Waals surface area contributed by atoms with Crippen LogP contribution in [0.2, 0.25) is 0 Å². The van der Waals surface area contributed by atoms with Crippen LogP contribution in [0.3, 0.4) is 0 Å². The van der Waals surface area contributed by atoms with Crippen molar-refractivity contribution in [2.45, 2.75) is 19.9 Å². The molecule has 0 radical (unpaired) electrons. The Bertz CT molecular complexity index is 1080. The van der Waals surface area contributed by atoms with Gasteiger partial charge in [0.05, 0.1) is 18.3 Å². The zero-order valence-corrected chi connectivity index (χ0v) is 15.5. The third-order valence-corrected chi connectivity index (χ3v) is 4.86. The summed E-state index contributed by atoms with van der Waals surface area (Å²) < 4.78 is 1.83. The lowest BCUT2D eigenvalue weighted by molar-refractivity contribution is -0.129. The summed E-state index contributed by atoms with van der Waals surface area (Å²) in [5.74, 6) is 0.0929. The lowest BCUT2D eigenvalue weighted by Gasteiger charge is -2.16. The number of para-hydroxylation sites is 2. The van der Waals surface area contributed by atoms with Crippen LogP contribution >= 0.6 is 0 Å². The van der Waals surface area contributed by atoms with Gasteiger partial charge < -0.3 is 9.88 Å². The Morgan fingerprint density at radius 1 is 1.11 bits per heavy atom. The molecule has 0 unspecified atom stereocenters. The molecule has 1 amide bonds. The van der Waals surface area contributed by atoms with Gasteiger partial charge in [-0.2, -0.15) is 5.10 Å². The number of nitrogens with one attached hydrogen (secondary N) is 1. The molecule has 0 saturated heterocycles. The Hall–Kier alpha value is -3.34. The molecular formula is C22H22N4O. The van der Waals surface area contributed by atoms with Gasteiger partial charge in [0.25, 0.3) is 0 Å². The Morgan fingerprint density at radius 3 is 2.67 bits per heavy atom. The molecule has 4 rings (SSSR count). The van der Waals surface area contributed by atoms with Gasteiger partial charge in [-0.25, -0.2) is 4.68 Å². The van der Waals surface area contributed by atoms with Gasteiger partial charge in [0, 0.05) is 41.9 Å². The maximum absolute atomic E-state index is 12.8. The highest BCUT2D eigenvalue weighted by molar-refractivity contribution is 5.90. The van der Waals surface area contributed by atoms with E-state index in [9.17, 15) is 4.79 Å². The molecule has 4 aromatic rings. The summed E-state index contributed by atoms with van der Waals surface area (Å²) in [5, 5.41) is 5.52. The van der Waals surface area contributed by atoms with Crippen molar-refractivity contribution in [1.82, 2.24) is 19.7 Å². The van der Waals surface area contributed by atoms with Crippen LogP contribution in [-0.2, 0) is 17.8 Å². The van der Waals surface area contributed by atoms with E-state index in [2.05, 4.69) is 16.1 Å². The van der Waals surface area contributed by atoms with Gasteiger partial charge in [0.1, 0.15) is 0 Å². The molecule has 2 heterocycles. The second-order valence-electron chi connectivity index (χ2n) is 6.83. The van der Waals surface area contributed by atoms with Crippen molar-refractivity contribution >= 4 is 16.8 Å². The van der Waals surface area contributed by atoms with E-state index in [0.29, 0.717) is 13.0 Å². The number of hydrogen-bond acceptors (Lipinski definition) is 2. The minimum Gasteiger partial charge on any atom is -0.358 e. The Kier molecular flexibility index (Phi) is 4.50. The summed E-state index contributed by atoms with van der Waals surface area (Å²) in [7, 11) is 1.84. The van der Waals surface area contributed by atoms with E-state index in [1.165, 1.54) is 0 Å². The van der Waals surface area contributed by atoms with Crippen LogP contribution < -0.4 is 0 Å². The summed E-state index contributed by atoms with van der Waals surface area (Å²) >= 11 is 0. The fourth-order valence-electron chi connectivity index (χ4n) is 3.37. The molecule has 0 aliphatic heterocycles. The first kappa shape index (κ1) is 17.1. The number of benzene rings is 2. The van der Waals surface area contributed by atoms with Crippen molar-refractivity contribution in [2.24, 2.45) is 0 Å². The summed E-state index contributed by atoms with van der Waals surface area (Å²) in [6, 6.07) is 18.1. The number of aromatic nitrogens is 3. The number of carbonyl (C=O) groups excluding carboxylic acids is 1. The van der Waals surface area contributed by atoms with Crippen LogP contribution in [0.25, 0.3) is 16.6 Å². The van der Waals surface area contributed by atoms with Gasteiger partial charge in [-0.05, 0) is 30.7 Å². The monoisotopic (exact) mass is 358 g/mol. The number of nitrogens with zero attached hydrogens (tertiary/aromatic N) is 3. The van der Waals surface area contributed by atoms with Crippen LogP contribution in [0.15, 0.2) is 67.0 Å². The van der Waals surface area contributed by atoms with Crippen molar-refractivity contribution in [3.8, 4) is 5.69 Å². The second kappa shape index (κ2) is 7.11. The SMILES string of the molecule is Cc1[nH]c2ccccc2c1CC(=O)N(C)Cc1cnn(-c2ccccc2)c1. The fourth-order valence-corrected chi connectivity index (χ4v) is 3.37. The number of carbonyl (C=O) groups is 1. The second-order valence-corrected chi connectivity index (χ2v) is 6.83. The lowest BCUT2D eigenvalue weighted by Crippen LogP contribution is -2.27. The first-order valence-corrected chi connectivity index (χ1v) is 9.01. The molecule has 5 nitrogen and oxygen atoms in total. The summed E-state index contributed by atoms with van der Waals surface area (Å²) in [6.07, 6.45) is 4.17. The molecule has 2 aromatic carbocycles. The summed E-state index contributed by atoms with van der Waals surface area (Å²) in [4.78, 5) is 17.9. The number of H-pyrrole nitrogens is 1. The van der Waals surface area contributed by atoms with E-state index in [1.54, 1.807) is 4.90 Å². The third kappa shape index (κ3) is 3.49. The average Bonchev–Trinajstić information content (AvgIpc) is 3.27. The van der Waals surface area contributed by atoms with Crippen LogP contribution in [0, 0.1) is 6.92 Å². The molecule has 1 N–H and O–H groups in total. The fraction of sp³-hybridized carbons (Fsp3) is 0.182. The predicted octanol–water partition coefficient (Wildman–Crippen LogP) is 3.86. The van der Waals surface area contributed by atoms with Crippen molar-refractivity contribution in [2.75, 3.05) is 7.05 Å². The zero-order chi connectivity index (χ0) is 18.8. The Balaban J connectivity index is 1.47. The molecule has 0 fully saturated rings. The molecule has 2 aromatic heterocycles. The smallest absolute Gasteiger partial charge is 0.227 e. The Labute approximate surface area is 158 Å². The molecule has 0 aliphatic rings. The van der Waals surface area contributed by atoms with Crippen molar-refractivity contribution < 1.29 is 4.79 Å². The maximum atomic E-state index is 12.8. The zero-order valence-electron chi connectivity index (χ0n) is 15.5. The summed E-state index contributed by atoms with van der Waals surface area (Å²) in [5.41, 5.74) is 5.21. The molecular weight excluding hydrogens is 336 g/mol. The Morgan fingerprint density at radius 2 is 1.85 bits per heavy atom. The van der Waals surface area contributed by atoms with Crippen molar-refractivity contribution in [1.29, 1.82) is 0 Å². The third-order valence-electron chi connectivity index (χ3n) is 4.86. The number of rotatable bonds is 5. The minimum atomic E-state index is 0.0929. The molecule has 0 aliphatic carbocycles. The summed E-state index contributed by atoms with van der Waals surface area (Å²) in [6.45, 7) is 2.56. The minimum absolute atomic E-state index is 0.0929.